The molecule has 0 aromatic carbocycles. The average molecular weight is 536 g/mol. The maximum atomic E-state index is 13.4. The van der Waals surface area contributed by atoms with Crippen LogP contribution in [0, 0.1) is 5.92 Å². The van der Waals surface area contributed by atoms with Crippen molar-refractivity contribution in [1.82, 2.24) is 25.3 Å². The maximum Gasteiger partial charge on any atom is 0.451 e. The van der Waals surface area contributed by atoms with Gasteiger partial charge in [0.2, 0.25) is 15.8 Å². The van der Waals surface area contributed by atoms with Gasteiger partial charge in [-0.05, 0) is 38.0 Å². The second-order valence-electron chi connectivity index (χ2n) is 8.84. The molecule has 3 N–H and O–H groups in total. The number of nitrogens with zero attached hydrogens (tertiary/aromatic N) is 4. The molecule has 2 fully saturated rings. The highest BCUT2D eigenvalue weighted by molar-refractivity contribution is 7.89. The second-order valence-corrected chi connectivity index (χ2v) is 10.8. The summed E-state index contributed by atoms with van der Waals surface area (Å²) in [4.78, 5) is 33.4. The number of anilines is 2. The van der Waals surface area contributed by atoms with Crippen molar-refractivity contribution in [1.29, 1.82) is 0 Å². The first-order chi connectivity index (χ1) is 17.1. The number of amides is 2. The summed E-state index contributed by atoms with van der Waals surface area (Å²) in [6, 6.07) is 1.15. The number of urea groups is 1. The maximum absolute atomic E-state index is 13.4. The Hall–Kier alpha value is -2.68. The van der Waals surface area contributed by atoms with E-state index in [1.807, 2.05) is 9.80 Å². The van der Waals surface area contributed by atoms with Gasteiger partial charge in [-0.1, -0.05) is 0 Å². The van der Waals surface area contributed by atoms with E-state index in [0.717, 1.165) is 25.7 Å². The van der Waals surface area contributed by atoms with E-state index in [-0.39, 0.29) is 30.6 Å². The Kier molecular flexibility index (Phi) is 9.70. The molecule has 2 saturated heterocycles. The molecule has 0 aliphatic carbocycles. The highest BCUT2D eigenvalue weighted by Gasteiger charge is 2.37. The summed E-state index contributed by atoms with van der Waals surface area (Å²) < 4.78 is 65.4. The molecule has 15 heteroatoms. The van der Waals surface area contributed by atoms with Gasteiger partial charge >= 0.3 is 12.2 Å². The molecule has 0 saturated carbocycles. The van der Waals surface area contributed by atoms with Gasteiger partial charge in [-0.2, -0.15) is 13.2 Å². The third-order valence-electron chi connectivity index (χ3n) is 6.20. The standard InChI is InChI=1S/C21H32F3N7O4S/c22-21(23,24)19-28-17(30-9-1-2-10-30)15-18(29-19)31-11-4-16(5-12-31)3-6-25-20(33)26-8-14-36(34,35)27-7-13-32/h13,15-16,27H,1-12,14H2,(H2,25,26,33). The summed E-state index contributed by atoms with van der Waals surface area (Å²) >= 11 is 0. The molecule has 1 aromatic heterocycles. The average Bonchev–Trinajstić information content (AvgIpc) is 3.37. The topological polar surface area (TPSA) is 137 Å². The molecular formula is C21H32F3N7O4S. The number of sulfonamides is 1. The van der Waals surface area contributed by atoms with Crippen LogP contribution in [0.1, 0.15) is 37.9 Å². The summed E-state index contributed by atoms with van der Waals surface area (Å²) in [7, 11) is -3.63. The number of alkyl halides is 3. The van der Waals surface area contributed by atoms with Gasteiger partial charge in [0.15, 0.2) is 0 Å². The van der Waals surface area contributed by atoms with Crippen molar-refractivity contribution < 1.29 is 31.2 Å². The molecule has 2 aliphatic rings. The normalized spacial score (nSPS) is 17.3. The Balaban J connectivity index is 1.43. The van der Waals surface area contributed by atoms with Crippen LogP contribution in [0.3, 0.4) is 0 Å². The van der Waals surface area contributed by atoms with E-state index in [0.29, 0.717) is 51.2 Å². The molecule has 36 heavy (non-hydrogen) atoms. The highest BCUT2D eigenvalue weighted by Crippen LogP contribution is 2.32. The van der Waals surface area contributed by atoms with E-state index < -0.39 is 28.1 Å². The summed E-state index contributed by atoms with van der Waals surface area (Å²) in [6.45, 7) is 2.45. The number of piperidine rings is 1. The number of hydrogen-bond donors (Lipinski definition) is 3. The first-order valence-electron chi connectivity index (χ1n) is 12.0. The monoisotopic (exact) mass is 535 g/mol. The number of rotatable bonds is 11. The summed E-state index contributed by atoms with van der Waals surface area (Å²) in [6.07, 6.45) is -0.155. The van der Waals surface area contributed by atoms with Crippen LogP contribution in [0.2, 0.25) is 0 Å². The molecule has 0 unspecified atom stereocenters. The summed E-state index contributed by atoms with van der Waals surface area (Å²) in [5, 5.41) is 5.13. The SMILES string of the molecule is O=CCNS(=O)(=O)CCNC(=O)NCCC1CCN(c2cc(N3CCCC3)nc(C(F)(F)F)n2)CC1. The number of aromatic nitrogens is 2. The van der Waals surface area contributed by atoms with E-state index >= 15 is 0 Å². The lowest BCUT2D eigenvalue weighted by Crippen LogP contribution is -2.41. The van der Waals surface area contributed by atoms with Crippen LogP contribution in [0.5, 0.6) is 0 Å². The van der Waals surface area contributed by atoms with Crippen molar-refractivity contribution in [3.63, 3.8) is 0 Å². The Morgan fingerprint density at radius 3 is 2.19 bits per heavy atom. The minimum Gasteiger partial charge on any atom is -0.356 e. The molecule has 3 rings (SSSR count). The van der Waals surface area contributed by atoms with Crippen molar-refractivity contribution >= 4 is 34.0 Å². The van der Waals surface area contributed by atoms with Gasteiger partial charge in [-0.25, -0.2) is 27.9 Å². The van der Waals surface area contributed by atoms with Crippen LogP contribution >= 0.6 is 0 Å². The Labute approximate surface area is 208 Å². The van der Waals surface area contributed by atoms with Crippen LogP contribution in [-0.2, 0) is 21.0 Å². The quantitative estimate of drug-likeness (QED) is 0.359. The molecule has 0 atom stereocenters. The lowest BCUT2D eigenvalue weighted by molar-refractivity contribution is -0.144. The molecular weight excluding hydrogens is 503 g/mol. The van der Waals surface area contributed by atoms with Crippen molar-refractivity contribution in [2.24, 2.45) is 5.92 Å². The van der Waals surface area contributed by atoms with Gasteiger partial charge in [0, 0.05) is 45.3 Å². The summed E-state index contributed by atoms with van der Waals surface area (Å²) in [5.41, 5.74) is 0. The van der Waals surface area contributed by atoms with E-state index in [1.54, 1.807) is 6.07 Å². The lowest BCUT2D eigenvalue weighted by atomic mass is 9.93. The zero-order chi connectivity index (χ0) is 26.2. The van der Waals surface area contributed by atoms with Gasteiger partial charge in [0.05, 0.1) is 12.3 Å². The van der Waals surface area contributed by atoms with Crippen LogP contribution in [0.15, 0.2) is 6.07 Å². The predicted octanol–water partition coefficient (Wildman–Crippen LogP) is 1.12. The molecule has 2 amide bonds. The van der Waals surface area contributed by atoms with Crippen LogP contribution in [0.25, 0.3) is 0 Å². The predicted molar refractivity (Wildman–Crippen MR) is 127 cm³/mol. The molecule has 0 spiro atoms. The third kappa shape index (κ3) is 8.47. The first kappa shape index (κ1) is 27.9. The summed E-state index contributed by atoms with van der Waals surface area (Å²) in [5.74, 6) is -0.573. The zero-order valence-electron chi connectivity index (χ0n) is 19.9. The van der Waals surface area contributed by atoms with Crippen LogP contribution in [0.4, 0.5) is 29.6 Å². The minimum absolute atomic E-state index is 0.101. The number of nitrogens with one attached hydrogen (secondary N) is 3. The number of hydrogen-bond acceptors (Lipinski definition) is 8. The molecule has 0 bridgehead atoms. The van der Waals surface area contributed by atoms with Gasteiger partial charge < -0.3 is 25.2 Å². The molecule has 2 aliphatic heterocycles. The fraction of sp³-hybridized carbons (Fsp3) is 0.714. The van der Waals surface area contributed by atoms with Crippen molar-refractivity contribution in [3.8, 4) is 0 Å². The largest absolute Gasteiger partial charge is 0.451 e. The molecule has 3 heterocycles. The van der Waals surface area contributed by atoms with Gasteiger partial charge in [0.25, 0.3) is 0 Å². The number of halogens is 3. The molecule has 11 nitrogen and oxygen atoms in total. The zero-order valence-corrected chi connectivity index (χ0v) is 20.7. The fourth-order valence-electron chi connectivity index (χ4n) is 4.25. The fourth-order valence-corrected chi connectivity index (χ4v) is 5.09. The van der Waals surface area contributed by atoms with Crippen LogP contribution in [-0.4, -0.2) is 82.3 Å². The van der Waals surface area contributed by atoms with Crippen molar-refractivity contribution in [2.45, 2.75) is 38.3 Å². The van der Waals surface area contributed by atoms with Gasteiger partial charge in [-0.3, -0.25) is 0 Å². The highest BCUT2D eigenvalue weighted by atomic mass is 32.2. The van der Waals surface area contributed by atoms with E-state index in [1.165, 1.54) is 0 Å². The number of carbonyl (C=O) groups excluding carboxylic acids is 2. The lowest BCUT2D eigenvalue weighted by Gasteiger charge is -2.33. The minimum atomic E-state index is -4.62. The van der Waals surface area contributed by atoms with Crippen molar-refractivity contribution in [3.05, 3.63) is 11.9 Å². The van der Waals surface area contributed by atoms with Gasteiger partial charge in [0.1, 0.15) is 17.9 Å². The first-order valence-corrected chi connectivity index (χ1v) is 13.6. The third-order valence-corrected chi connectivity index (χ3v) is 7.55. The Morgan fingerprint density at radius 2 is 1.61 bits per heavy atom. The Morgan fingerprint density at radius 1 is 1.03 bits per heavy atom. The van der Waals surface area contributed by atoms with E-state index in [4.69, 9.17) is 0 Å². The van der Waals surface area contributed by atoms with E-state index in [2.05, 4.69) is 25.3 Å². The number of aldehydes is 1. The number of carbonyl (C=O) groups is 2. The second kappa shape index (κ2) is 12.5. The Bertz CT molecular complexity index is 996. The van der Waals surface area contributed by atoms with Crippen LogP contribution < -0.4 is 25.2 Å². The smallest absolute Gasteiger partial charge is 0.356 e. The molecule has 202 valence electrons. The van der Waals surface area contributed by atoms with Crippen molar-refractivity contribution in [2.75, 3.05) is 61.4 Å². The molecule has 1 aromatic rings. The van der Waals surface area contributed by atoms with Gasteiger partial charge in [-0.15, -0.1) is 0 Å². The molecule has 0 radical (unpaired) electrons. The van der Waals surface area contributed by atoms with E-state index in [9.17, 15) is 31.2 Å².